The van der Waals surface area contributed by atoms with E-state index in [0.29, 0.717) is 0 Å². The molecule has 0 aromatic rings. The second kappa shape index (κ2) is 3.52. The van der Waals surface area contributed by atoms with Crippen molar-refractivity contribution < 1.29 is 17.9 Å². The third-order valence-corrected chi connectivity index (χ3v) is 1.91. The Bertz CT molecular complexity index is 259. The summed E-state index contributed by atoms with van der Waals surface area (Å²) in [6, 6.07) is 0. The number of hydrogen-bond acceptors (Lipinski definition) is 1. The molecule has 1 aliphatic carbocycles. The first kappa shape index (κ1) is 10.9. The van der Waals surface area contributed by atoms with Crippen molar-refractivity contribution in [3.63, 3.8) is 0 Å². The van der Waals surface area contributed by atoms with Crippen LogP contribution >= 0.6 is 23.2 Å². The van der Waals surface area contributed by atoms with Gasteiger partial charge in [-0.15, -0.1) is 13.2 Å². The van der Waals surface area contributed by atoms with Crippen molar-refractivity contribution in [1.29, 1.82) is 0 Å². The Labute approximate surface area is 82.8 Å². The molecular weight excluding hydrogens is 228 g/mol. The van der Waals surface area contributed by atoms with Gasteiger partial charge in [-0.2, -0.15) is 0 Å². The zero-order valence-electron chi connectivity index (χ0n) is 6.24. The first-order valence-corrected chi connectivity index (χ1v) is 4.06. The van der Waals surface area contributed by atoms with Crippen LogP contribution in [0.15, 0.2) is 23.3 Å². The molecule has 0 spiro atoms. The van der Waals surface area contributed by atoms with E-state index in [1.165, 1.54) is 12.2 Å². The largest absolute Gasteiger partial charge is 0.524 e. The maximum absolute atomic E-state index is 11.8. The Morgan fingerprint density at radius 2 is 2.08 bits per heavy atom. The summed E-state index contributed by atoms with van der Waals surface area (Å²) in [7, 11) is 0. The molecule has 0 aliphatic heterocycles. The summed E-state index contributed by atoms with van der Waals surface area (Å²) in [6.45, 7) is 0. The fraction of sp³-hybridized carbons (Fsp3) is 0.429. The SMILES string of the molecule is FC(F)(F)OC1(Cl)C=CC=C(Cl)C1. The molecule has 0 radical (unpaired) electrons. The molecule has 0 N–H and O–H groups in total. The van der Waals surface area contributed by atoms with Crippen LogP contribution in [0.4, 0.5) is 13.2 Å². The van der Waals surface area contributed by atoms with Crippen LogP contribution in [0.5, 0.6) is 0 Å². The summed E-state index contributed by atoms with van der Waals surface area (Å²) in [5.74, 6) is 0. The minimum atomic E-state index is -4.76. The molecule has 1 aliphatic rings. The van der Waals surface area contributed by atoms with Gasteiger partial charge in [-0.3, -0.25) is 4.74 Å². The highest BCUT2D eigenvalue weighted by atomic mass is 35.5. The van der Waals surface area contributed by atoms with Crippen LogP contribution in [0.3, 0.4) is 0 Å². The first-order valence-electron chi connectivity index (χ1n) is 3.30. The van der Waals surface area contributed by atoms with Crippen LogP contribution in [0.1, 0.15) is 6.42 Å². The van der Waals surface area contributed by atoms with Gasteiger partial charge in [0, 0.05) is 11.5 Å². The molecule has 0 aromatic carbocycles. The second-order valence-corrected chi connectivity index (χ2v) is 3.61. The van der Waals surface area contributed by atoms with Gasteiger partial charge in [0.05, 0.1) is 0 Å². The third-order valence-electron chi connectivity index (χ3n) is 1.32. The number of rotatable bonds is 1. The Morgan fingerprint density at radius 3 is 2.54 bits per heavy atom. The monoisotopic (exact) mass is 232 g/mol. The maximum atomic E-state index is 11.8. The summed E-state index contributed by atoms with van der Waals surface area (Å²) < 4.78 is 39.1. The smallest absolute Gasteiger partial charge is 0.265 e. The van der Waals surface area contributed by atoms with Crippen LogP contribution in [0.25, 0.3) is 0 Å². The molecule has 0 fully saturated rings. The topological polar surface area (TPSA) is 9.23 Å². The van der Waals surface area contributed by atoms with E-state index in [4.69, 9.17) is 23.2 Å². The van der Waals surface area contributed by atoms with Gasteiger partial charge in [-0.25, -0.2) is 0 Å². The van der Waals surface area contributed by atoms with E-state index in [9.17, 15) is 13.2 Å². The van der Waals surface area contributed by atoms with Gasteiger partial charge in [-0.05, 0) is 12.2 Å². The van der Waals surface area contributed by atoms with Gasteiger partial charge >= 0.3 is 6.36 Å². The minimum absolute atomic E-state index is 0.188. The van der Waals surface area contributed by atoms with Gasteiger partial charge in [-0.1, -0.05) is 29.3 Å². The summed E-state index contributed by atoms with van der Waals surface area (Å²) >= 11 is 11.0. The summed E-state index contributed by atoms with van der Waals surface area (Å²) in [5.41, 5.74) is 0. The van der Waals surface area contributed by atoms with Gasteiger partial charge in [0.25, 0.3) is 0 Å². The van der Waals surface area contributed by atoms with Crippen LogP contribution in [-0.2, 0) is 4.74 Å². The van der Waals surface area contributed by atoms with E-state index in [2.05, 4.69) is 4.74 Å². The molecule has 1 rings (SSSR count). The van der Waals surface area contributed by atoms with E-state index in [-0.39, 0.29) is 11.5 Å². The molecule has 1 atom stereocenters. The number of hydrogen-bond donors (Lipinski definition) is 0. The molecule has 0 bridgehead atoms. The van der Waals surface area contributed by atoms with E-state index >= 15 is 0 Å². The summed E-state index contributed by atoms with van der Waals surface area (Å²) in [4.78, 5) is 0. The highest BCUT2D eigenvalue weighted by Gasteiger charge is 2.41. The molecular formula is C7H5Cl2F3O. The molecule has 0 aromatic heterocycles. The third kappa shape index (κ3) is 3.58. The van der Waals surface area contributed by atoms with Gasteiger partial charge in [0.1, 0.15) is 0 Å². The summed E-state index contributed by atoms with van der Waals surface area (Å²) in [6.07, 6.45) is -1.06. The van der Waals surface area contributed by atoms with Crippen molar-refractivity contribution in [2.75, 3.05) is 0 Å². The van der Waals surface area contributed by atoms with Crippen LogP contribution in [0.2, 0.25) is 0 Å². The van der Waals surface area contributed by atoms with Crippen molar-refractivity contribution in [2.24, 2.45) is 0 Å². The number of ether oxygens (including phenoxy) is 1. The molecule has 0 amide bonds. The maximum Gasteiger partial charge on any atom is 0.524 e. The predicted octanol–water partition coefficient (Wildman–Crippen LogP) is 3.54. The lowest BCUT2D eigenvalue weighted by atomic mass is 10.1. The Balaban J connectivity index is 2.69. The Morgan fingerprint density at radius 1 is 1.46 bits per heavy atom. The Kier molecular flexibility index (Phi) is 2.95. The Hall–Kier alpha value is -0.190. The number of alkyl halides is 4. The van der Waals surface area contributed by atoms with Crippen molar-refractivity contribution in [3.8, 4) is 0 Å². The summed E-state index contributed by atoms with van der Waals surface area (Å²) in [5, 5.41) is -1.67. The molecule has 6 heteroatoms. The lowest BCUT2D eigenvalue weighted by Crippen LogP contribution is -2.32. The number of halogens is 5. The van der Waals surface area contributed by atoms with Crippen molar-refractivity contribution >= 4 is 23.2 Å². The minimum Gasteiger partial charge on any atom is -0.265 e. The van der Waals surface area contributed by atoms with Gasteiger partial charge in [0.15, 0.2) is 5.06 Å². The highest BCUT2D eigenvalue weighted by molar-refractivity contribution is 6.32. The normalized spacial score (nSPS) is 28.8. The standard InChI is InChI=1S/C7H5Cl2F3O/c8-5-2-1-3-6(9,4-5)13-7(10,11)12/h1-3H,4H2. The molecule has 0 heterocycles. The van der Waals surface area contributed by atoms with E-state index in [0.717, 1.165) is 6.08 Å². The number of allylic oxidation sites excluding steroid dienone is 2. The van der Waals surface area contributed by atoms with Crippen LogP contribution in [-0.4, -0.2) is 11.4 Å². The fourth-order valence-corrected chi connectivity index (χ4v) is 1.55. The van der Waals surface area contributed by atoms with Crippen molar-refractivity contribution in [2.45, 2.75) is 17.8 Å². The van der Waals surface area contributed by atoms with Crippen molar-refractivity contribution in [1.82, 2.24) is 0 Å². The zero-order chi connectivity index (χ0) is 10.1. The molecule has 1 nitrogen and oxygen atoms in total. The van der Waals surface area contributed by atoms with Gasteiger partial charge in [0.2, 0.25) is 0 Å². The average Bonchev–Trinajstić information content (AvgIpc) is 1.79. The first-order chi connectivity index (χ1) is 5.81. The van der Waals surface area contributed by atoms with E-state index in [1.54, 1.807) is 0 Å². The van der Waals surface area contributed by atoms with Crippen LogP contribution in [0, 0.1) is 0 Å². The van der Waals surface area contributed by atoms with Crippen LogP contribution < -0.4 is 0 Å². The lowest BCUT2D eigenvalue weighted by molar-refractivity contribution is -0.344. The zero-order valence-corrected chi connectivity index (χ0v) is 7.75. The molecule has 74 valence electrons. The van der Waals surface area contributed by atoms with Gasteiger partial charge < -0.3 is 0 Å². The lowest BCUT2D eigenvalue weighted by Gasteiger charge is -2.26. The predicted molar refractivity (Wildman–Crippen MR) is 43.4 cm³/mol. The fourth-order valence-electron chi connectivity index (χ4n) is 0.907. The quantitative estimate of drug-likeness (QED) is 0.629. The highest BCUT2D eigenvalue weighted by Crippen LogP contribution is 2.37. The van der Waals surface area contributed by atoms with Crippen molar-refractivity contribution in [3.05, 3.63) is 23.3 Å². The second-order valence-electron chi connectivity index (χ2n) is 2.48. The average molecular weight is 233 g/mol. The molecule has 0 saturated carbocycles. The van der Waals surface area contributed by atoms with E-state index < -0.39 is 11.4 Å². The molecule has 0 saturated heterocycles. The molecule has 13 heavy (non-hydrogen) atoms. The molecule has 1 unspecified atom stereocenters. The van der Waals surface area contributed by atoms with E-state index in [1.807, 2.05) is 0 Å².